The molecule has 0 aliphatic carbocycles. The summed E-state index contributed by atoms with van der Waals surface area (Å²) in [5, 5.41) is 21.3. The predicted octanol–water partition coefficient (Wildman–Crippen LogP) is 6.77. The number of benzene rings is 4. The van der Waals surface area contributed by atoms with Crippen molar-refractivity contribution in [3.05, 3.63) is 113 Å². The van der Waals surface area contributed by atoms with Gasteiger partial charge in [0.2, 0.25) is 0 Å². The number of aryl methyl sites for hydroxylation is 4. The SMILES string of the molecule is Cc1ccc(-c2nc(-c3ccc(C)cc3C)nc(-c3ccc(OCC(O)COCc4ccccc4)cc3O)n2)c(C)c1. The minimum Gasteiger partial charge on any atom is -0.507 e. The van der Waals surface area contributed by atoms with Gasteiger partial charge in [-0.3, -0.25) is 0 Å². The maximum atomic E-state index is 11.0. The average Bonchev–Trinajstić information content (AvgIpc) is 2.96. The fourth-order valence-corrected chi connectivity index (χ4v) is 4.78. The van der Waals surface area contributed by atoms with Gasteiger partial charge in [-0.25, -0.2) is 15.0 Å². The van der Waals surface area contributed by atoms with E-state index < -0.39 is 6.10 Å². The standard InChI is InChI=1S/C35H35N3O4/c1-22-10-13-29(24(3)16-22)33-36-34(30-14-11-23(2)17-25(30)4)38-35(37-33)31-15-12-28(18-32(31)40)42-21-27(39)20-41-19-26-8-6-5-7-9-26/h5-18,27,39-40H,19-21H2,1-4H3. The lowest BCUT2D eigenvalue weighted by Crippen LogP contribution is -2.23. The summed E-state index contributed by atoms with van der Waals surface area (Å²) in [6.07, 6.45) is -0.820. The van der Waals surface area contributed by atoms with E-state index in [9.17, 15) is 10.2 Å². The number of aliphatic hydroxyl groups is 1. The molecule has 0 aliphatic rings. The zero-order valence-electron chi connectivity index (χ0n) is 24.3. The van der Waals surface area contributed by atoms with Crippen LogP contribution in [0.4, 0.5) is 0 Å². The highest BCUT2D eigenvalue weighted by molar-refractivity contribution is 5.72. The smallest absolute Gasteiger partial charge is 0.167 e. The first kappa shape index (κ1) is 28.9. The first-order valence-corrected chi connectivity index (χ1v) is 13.9. The quantitative estimate of drug-likeness (QED) is 0.194. The number of hydrogen-bond donors (Lipinski definition) is 2. The van der Waals surface area contributed by atoms with Gasteiger partial charge in [0, 0.05) is 17.2 Å². The van der Waals surface area contributed by atoms with Crippen LogP contribution in [0.1, 0.15) is 27.8 Å². The van der Waals surface area contributed by atoms with Crippen LogP contribution in [0.25, 0.3) is 34.2 Å². The van der Waals surface area contributed by atoms with Crippen molar-refractivity contribution in [2.45, 2.75) is 40.4 Å². The Morgan fingerprint density at radius 2 is 1.19 bits per heavy atom. The minimum absolute atomic E-state index is 0.0209. The van der Waals surface area contributed by atoms with E-state index in [4.69, 9.17) is 24.4 Å². The average molecular weight is 562 g/mol. The molecule has 0 spiro atoms. The molecule has 0 saturated heterocycles. The summed E-state index contributed by atoms with van der Waals surface area (Å²) in [6, 6.07) is 27.0. The van der Waals surface area contributed by atoms with Gasteiger partial charge in [-0.05, 0) is 56.5 Å². The normalized spacial score (nSPS) is 11.8. The van der Waals surface area contributed by atoms with Crippen molar-refractivity contribution >= 4 is 0 Å². The number of hydrogen-bond acceptors (Lipinski definition) is 7. The Kier molecular flexibility index (Phi) is 8.91. The Balaban J connectivity index is 1.38. The van der Waals surface area contributed by atoms with Gasteiger partial charge in [0.15, 0.2) is 17.5 Å². The van der Waals surface area contributed by atoms with Crippen molar-refractivity contribution in [2.75, 3.05) is 13.2 Å². The minimum atomic E-state index is -0.820. The number of ether oxygens (including phenoxy) is 2. The summed E-state index contributed by atoms with van der Waals surface area (Å²) in [5.41, 5.74) is 7.70. The van der Waals surface area contributed by atoms with E-state index in [0.29, 0.717) is 35.4 Å². The van der Waals surface area contributed by atoms with Crippen molar-refractivity contribution in [1.29, 1.82) is 0 Å². The third-order valence-electron chi connectivity index (χ3n) is 6.96. The Bertz CT molecular complexity index is 1620. The van der Waals surface area contributed by atoms with E-state index >= 15 is 0 Å². The molecule has 0 saturated carbocycles. The molecule has 7 nitrogen and oxygen atoms in total. The van der Waals surface area contributed by atoms with Crippen LogP contribution < -0.4 is 4.74 Å². The van der Waals surface area contributed by atoms with Crippen LogP contribution >= 0.6 is 0 Å². The second-order valence-electron chi connectivity index (χ2n) is 10.6. The molecule has 0 fully saturated rings. The molecule has 4 aromatic carbocycles. The zero-order chi connectivity index (χ0) is 29.6. The van der Waals surface area contributed by atoms with Gasteiger partial charge in [-0.15, -0.1) is 0 Å². The molecule has 214 valence electrons. The molecule has 1 atom stereocenters. The molecular formula is C35H35N3O4. The summed E-state index contributed by atoms with van der Waals surface area (Å²) in [5.74, 6) is 1.80. The molecule has 2 N–H and O–H groups in total. The molecule has 5 aromatic rings. The van der Waals surface area contributed by atoms with E-state index in [1.807, 2.05) is 68.4 Å². The van der Waals surface area contributed by atoms with Crippen molar-refractivity contribution in [2.24, 2.45) is 0 Å². The van der Waals surface area contributed by atoms with Crippen LogP contribution in [0.15, 0.2) is 84.9 Å². The summed E-state index contributed by atoms with van der Waals surface area (Å²) in [7, 11) is 0. The second-order valence-corrected chi connectivity index (χ2v) is 10.6. The van der Waals surface area contributed by atoms with Crippen molar-refractivity contribution in [3.8, 4) is 45.7 Å². The Labute approximate surface area is 246 Å². The number of phenols is 1. The fourth-order valence-electron chi connectivity index (χ4n) is 4.78. The highest BCUT2D eigenvalue weighted by Gasteiger charge is 2.17. The van der Waals surface area contributed by atoms with E-state index in [1.54, 1.807) is 12.1 Å². The monoisotopic (exact) mass is 561 g/mol. The molecule has 0 radical (unpaired) electrons. The molecular weight excluding hydrogens is 526 g/mol. The van der Waals surface area contributed by atoms with Crippen molar-refractivity contribution < 1.29 is 19.7 Å². The summed E-state index contributed by atoms with van der Waals surface area (Å²) >= 11 is 0. The van der Waals surface area contributed by atoms with Crippen LogP contribution in [0.5, 0.6) is 11.5 Å². The highest BCUT2D eigenvalue weighted by Crippen LogP contribution is 2.34. The molecule has 7 heteroatoms. The lowest BCUT2D eigenvalue weighted by Gasteiger charge is -2.14. The van der Waals surface area contributed by atoms with Crippen molar-refractivity contribution in [1.82, 2.24) is 15.0 Å². The zero-order valence-corrected chi connectivity index (χ0v) is 24.3. The number of aromatic hydroxyl groups is 1. The predicted molar refractivity (Wildman–Crippen MR) is 164 cm³/mol. The van der Waals surface area contributed by atoms with E-state index in [0.717, 1.165) is 38.9 Å². The van der Waals surface area contributed by atoms with Crippen LogP contribution in [0.3, 0.4) is 0 Å². The summed E-state index contributed by atoms with van der Waals surface area (Å²) in [4.78, 5) is 14.4. The highest BCUT2D eigenvalue weighted by atomic mass is 16.5. The Morgan fingerprint density at radius 1 is 0.643 bits per heavy atom. The lowest BCUT2D eigenvalue weighted by atomic mass is 10.0. The number of nitrogens with zero attached hydrogens (tertiary/aromatic N) is 3. The first-order valence-electron chi connectivity index (χ1n) is 13.9. The van der Waals surface area contributed by atoms with Crippen LogP contribution in [0.2, 0.25) is 0 Å². The molecule has 0 aliphatic heterocycles. The second kappa shape index (κ2) is 12.9. The van der Waals surface area contributed by atoms with Gasteiger partial charge in [0.25, 0.3) is 0 Å². The Hall–Kier alpha value is -4.59. The largest absolute Gasteiger partial charge is 0.507 e. The maximum Gasteiger partial charge on any atom is 0.167 e. The van der Waals surface area contributed by atoms with Crippen LogP contribution in [-0.2, 0) is 11.3 Å². The van der Waals surface area contributed by atoms with E-state index in [1.165, 1.54) is 6.07 Å². The van der Waals surface area contributed by atoms with Crippen molar-refractivity contribution in [3.63, 3.8) is 0 Å². The maximum absolute atomic E-state index is 11.0. The lowest BCUT2D eigenvalue weighted by molar-refractivity contribution is 0.00546. The van der Waals surface area contributed by atoms with Crippen LogP contribution in [-0.4, -0.2) is 44.5 Å². The van der Waals surface area contributed by atoms with Gasteiger partial charge in [-0.1, -0.05) is 77.9 Å². The molecule has 1 unspecified atom stereocenters. The van der Waals surface area contributed by atoms with Gasteiger partial charge in [-0.2, -0.15) is 0 Å². The molecule has 1 aromatic heterocycles. The summed E-state index contributed by atoms with van der Waals surface area (Å²) < 4.78 is 11.3. The van der Waals surface area contributed by atoms with Crippen LogP contribution in [0, 0.1) is 27.7 Å². The van der Waals surface area contributed by atoms with E-state index in [-0.39, 0.29) is 19.0 Å². The number of phenolic OH excluding ortho intramolecular Hbond substituents is 1. The van der Waals surface area contributed by atoms with Gasteiger partial charge in [0.1, 0.15) is 24.2 Å². The molecule has 0 amide bonds. The van der Waals surface area contributed by atoms with Gasteiger partial charge >= 0.3 is 0 Å². The first-order chi connectivity index (χ1) is 20.3. The number of rotatable bonds is 10. The third kappa shape index (κ3) is 7.00. The molecule has 1 heterocycles. The third-order valence-corrected chi connectivity index (χ3v) is 6.96. The van der Waals surface area contributed by atoms with E-state index in [2.05, 4.69) is 26.0 Å². The molecule has 5 rings (SSSR count). The topological polar surface area (TPSA) is 97.6 Å². The Morgan fingerprint density at radius 3 is 1.74 bits per heavy atom. The fraction of sp³-hybridized carbons (Fsp3) is 0.229. The van der Waals surface area contributed by atoms with Gasteiger partial charge in [0.05, 0.1) is 18.8 Å². The number of aromatic nitrogens is 3. The van der Waals surface area contributed by atoms with Gasteiger partial charge < -0.3 is 19.7 Å². The summed E-state index contributed by atoms with van der Waals surface area (Å²) in [6.45, 7) is 8.73. The number of aliphatic hydroxyl groups excluding tert-OH is 1. The molecule has 0 bridgehead atoms. The molecule has 42 heavy (non-hydrogen) atoms.